The van der Waals surface area contributed by atoms with Gasteiger partial charge in [-0.05, 0) is 108 Å². The third-order valence-corrected chi connectivity index (χ3v) is 8.66. The fourth-order valence-corrected chi connectivity index (χ4v) is 6.07. The first-order chi connectivity index (χ1) is 19.9. The van der Waals surface area contributed by atoms with Crippen LogP contribution in [0.4, 0.5) is 5.69 Å². The number of piperazine rings is 1. The Morgan fingerprint density at radius 1 is 1.05 bits per heavy atom. The van der Waals surface area contributed by atoms with E-state index in [1.54, 1.807) is 6.92 Å². The summed E-state index contributed by atoms with van der Waals surface area (Å²) in [6, 6.07) is 7.45. The molecule has 2 unspecified atom stereocenters. The van der Waals surface area contributed by atoms with Crippen LogP contribution in [0.3, 0.4) is 0 Å². The Morgan fingerprint density at radius 3 is 2.42 bits per heavy atom. The Hall–Kier alpha value is -3.31. The van der Waals surface area contributed by atoms with Gasteiger partial charge in [-0.1, -0.05) is 41.9 Å². The summed E-state index contributed by atoms with van der Waals surface area (Å²) in [7, 11) is 0. The van der Waals surface area contributed by atoms with Crippen molar-refractivity contribution in [2.45, 2.75) is 79.4 Å². The van der Waals surface area contributed by atoms with Gasteiger partial charge in [0.05, 0.1) is 18.1 Å². The average Bonchev–Trinajstić information content (AvgIpc) is 3.30. The van der Waals surface area contributed by atoms with Crippen molar-refractivity contribution in [1.29, 1.82) is 0 Å². The van der Waals surface area contributed by atoms with Crippen molar-refractivity contribution in [3.63, 3.8) is 0 Å². The smallest absolute Gasteiger partial charge is 0.406 e. The maximum absolute atomic E-state index is 12.2. The van der Waals surface area contributed by atoms with Crippen LogP contribution in [0.1, 0.15) is 69.3 Å². The minimum absolute atomic E-state index is 0.0284. The molecule has 0 spiro atoms. The molecule has 0 radical (unpaired) electrons. The first kappa shape index (κ1) is 20.6. The number of nitrogens with zero attached hydrogens (tertiary/aromatic N) is 2. The molecule has 4 aromatic rings. The predicted octanol–water partition coefficient (Wildman–Crippen LogP) is 7.25. The molecule has 38 heavy (non-hydrogen) atoms. The highest BCUT2D eigenvalue weighted by atomic mass is 16.4. The summed E-state index contributed by atoms with van der Waals surface area (Å²) < 4.78 is 49.0. The second-order valence-electron chi connectivity index (χ2n) is 11.7. The van der Waals surface area contributed by atoms with Crippen molar-refractivity contribution < 1.29 is 11.3 Å². The first-order valence-corrected chi connectivity index (χ1v) is 13.2. The highest BCUT2D eigenvalue weighted by molar-refractivity contribution is 5.90. The number of nitrogens with one attached hydrogen (secondary N) is 1. The molecule has 0 amide bonds. The molecule has 5 nitrogen and oxygen atoms in total. The molecule has 2 heterocycles. The minimum atomic E-state index is -0.664. The molecule has 1 N–H and O–H groups in total. The van der Waals surface area contributed by atoms with E-state index in [2.05, 4.69) is 49.4 Å². The molecular formula is C33H41N3O2. The molecule has 2 atom stereocenters. The SMILES string of the molecule is [2H]c1c([2H])c(-c2ccc(C)c(C(C)(C)N3CC([2H])N(c4c(C)c(C)cc5[nH]c(=O)oc45)C(C)C3(C)C)c2)c([2H])c([2H])c1C. The topological polar surface area (TPSA) is 52.5 Å². The summed E-state index contributed by atoms with van der Waals surface area (Å²) in [5.74, 6) is -0.514. The van der Waals surface area contributed by atoms with Crippen LogP contribution in [0.2, 0.25) is 0 Å². The summed E-state index contributed by atoms with van der Waals surface area (Å²) in [4.78, 5) is 19.4. The molecule has 3 aromatic carbocycles. The van der Waals surface area contributed by atoms with Crippen LogP contribution in [0, 0.1) is 27.7 Å². The van der Waals surface area contributed by atoms with Gasteiger partial charge in [0.2, 0.25) is 0 Å². The Bertz CT molecular complexity index is 1790. The van der Waals surface area contributed by atoms with E-state index in [0.717, 1.165) is 27.9 Å². The molecule has 0 bridgehead atoms. The maximum Gasteiger partial charge on any atom is 0.417 e. The van der Waals surface area contributed by atoms with Gasteiger partial charge in [0, 0.05) is 30.2 Å². The number of hydrogen-bond donors (Lipinski definition) is 1. The zero-order chi connectivity index (χ0) is 31.9. The summed E-state index contributed by atoms with van der Waals surface area (Å²) in [6.07, 6.45) is 0. The van der Waals surface area contributed by atoms with E-state index in [-0.39, 0.29) is 30.2 Å². The number of aromatic amines is 1. The molecule has 200 valence electrons. The van der Waals surface area contributed by atoms with Crippen molar-refractivity contribution in [1.82, 2.24) is 9.88 Å². The monoisotopic (exact) mass is 516 g/mol. The fourth-order valence-electron chi connectivity index (χ4n) is 6.07. The van der Waals surface area contributed by atoms with Gasteiger partial charge in [0.15, 0.2) is 5.58 Å². The number of fused-ring (bicyclic) bond motifs is 1. The normalized spacial score (nSPS) is 22.1. The van der Waals surface area contributed by atoms with Gasteiger partial charge in [0.25, 0.3) is 0 Å². The molecule has 5 rings (SSSR count). The molecule has 1 fully saturated rings. The molecule has 1 aliphatic heterocycles. The summed E-state index contributed by atoms with van der Waals surface area (Å²) in [6.45, 7) is 18.1. The number of oxazole rings is 1. The lowest BCUT2D eigenvalue weighted by molar-refractivity contribution is -0.0172. The molecular weight excluding hydrogens is 470 g/mol. The van der Waals surface area contributed by atoms with E-state index in [0.29, 0.717) is 34.3 Å². The fraction of sp³-hybridized carbons (Fsp3) is 0.424. The van der Waals surface area contributed by atoms with Crippen molar-refractivity contribution >= 4 is 16.8 Å². The molecule has 1 aromatic heterocycles. The van der Waals surface area contributed by atoms with Crippen LogP contribution in [0.5, 0.6) is 0 Å². The predicted molar refractivity (Wildman–Crippen MR) is 158 cm³/mol. The van der Waals surface area contributed by atoms with Crippen molar-refractivity contribution in [2.24, 2.45) is 0 Å². The average molecular weight is 517 g/mol. The number of rotatable bonds is 4. The largest absolute Gasteiger partial charge is 0.417 e. The number of H-pyrrole nitrogens is 1. The summed E-state index contributed by atoms with van der Waals surface area (Å²) in [5.41, 5.74) is 6.14. The third-order valence-electron chi connectivity index (χ3n) is 8.66. The van der Waals surface area contributed by atoms with E-state index in [1.165, 1.54) is 0 Å². The van der Waals surface area contributed by atoms with Crippen LogP contribution >= 0.6 is 0 Å². The molecule has 0 aliphatic carbocycles. The van der Waals surface area contributed by atoms with Crippen LogP contribution in [0.15, 0.2) is 57.6 Å². The van der Waals surface area contributed by atoms with E-state index in [4.69, 9.17) is 9.90 Å². The highest BCUT2D eigenvalue weighted by Gasteiger charge is 2.48. The van der Waals surface area contributed by atoms with Gasteiger partial charge >= 0.3 is 5.76 Å². The summed E-state index contributed by atoms with van der Waals surface area (Å²) in [5, 5.41) is 0. The quantitative estimate of drug-likeness (QED) is 0.310. The summed E-state index contributed by atoms with van der Waals surface area (Å²) >= 11 is 0. The standard InChI is InChI=1S/C33H41N3O2/c1-20-10-13-25(14-11-20)26-15-12-21(2)27(19-26)33(8,9)36-17-16-35(24(5)32(36,6)7)29-23(4)22(3)18-28-30(29)38-31(37)34-28/h10-15,18-19,24H,16-17H2,1-9H3,(H,34,37)/i10D,11D,13D,14D,16D. The van der Waals surface area contributed by atoms with Gasteiger partial charge in [-0.25, -0.2) is 4.79 Å². The Kier molecular flexibility index (Phi) is 4.97. The number of benzene rings is 3. The van der Waals surface area contributed by atoms with Gasteiger partial charge in [-0.3, -0.25) is 9.88 Å². The van der Waals surface area contributed by atoms with E-state index in [1.807, 2.05) is 45.0 Å². The van der Waals surface area contributed by atoms with Crippen molar-refractivity contribution in [3.05, 3.63) is 86.8 Å². The van der Waals surface area contributed by atoms with Crippen molar-refractivity contribution in [2.75, 3.05) is 18.0 Å². The number of hydrogen-bond acceptors (Lipinski definition) is 4. The number of anilines is 1. The van der Waals surface area contributed by atoms with E-state index < -0.39 is 23.4 Å². The van der Waals surface area contributed by atoms with Crippen LogP contribution < -0.4 is 10.7 Å². The zero-order valence-electron chi connectivity index (χ0n) is 28.9. The van der Waals surface area contributed by atoms with Gasteiger partial charge in [-0.2, -0.15) is 0 Å². The van der Waals surface area contributed by atoms with Crippen LogP contribution in [-0.4, -0.2) is 34.5 Å². The van der Waals surface area contributed by atoms with E-state index >= 15 is 0 Å². The molecule has 0 saturated carbocycles. The zero-order valence-corrected chi connectivity index (χ0v) is 23.9. The minimum Gasteiger partial charge on any atom is -0.406 e. The van der Waals surface area contributed by atoms with Gasteiger partial charge in [-0.15, -0.1) is 0 Å². The second kappa shape index (κ2) is 9.16. The molecule has 1 aliphatic rings. The third kappa shape index (κ3) is 4.17. The first-order valence-electron chi connectivity index (χ1n) is 15.8. The lowest BCUT2D eigenvalue weighted by Crippen LogP contribution is -2.68. The second-order valence-corrected chi connectivity index (χ2v) is 11.7. The molecule has 1 saturated heterocycles. The van der Waals surface area contributed by atoms with Gasteiger partial charge in [0.1, 0.15) is 0 Å². The number of aromatic nitrogens is 1. The van der Waals surface area contributed by atoms with Crippen molar-refractivity contribution in [3.8, 4) is 11.1 Å². The Balaban J connectivity index is 1.61. The van der Waals surface area contributed by atoms with Gasteiger partial charge < -0.3 is 9.32 Å². The van der Waals surface area contributed by atoms with E-state index in [9.17, 15) is 6.17 Å². The number of aryl methyl sites for hydroxylation is 2. The Morgan fingerprint density at radius 2 is 1.74 bits per heavy atom. The Labute approximate surface area is 233 Å². The lowest BCUT2D eigenvalue weighted by atomic mass is 9.79. The lowest BCUT2D eigenvalue weighted by Gasteiger charge is -2.58. The van der Waals surface area contributed by atoms with Crippen LogP contribution in [0.25, 0.3) is 22.2 Å². The molecule has 5 heteroatoms. The van der Waals surface area contributed by atoms with Crippen LogP contribution in [-0.2, 0) is 5.54 Å². The highest BCUT2D eigenvalue weighted by Crippen LogP contribution is 2.44. The maximum atomic E-state index is 12.2.